The minimum atomic E-state index is -0.156. The molecule has 2 rings (SSSR count). The molecule has 0 spiro atoms. The van der Waals surface area contributed by atoms with Gasteiger partial charge in [-0.15, -0.1) is 10.2 Å². The molecule has 0 aliphatic heterocycles. The third-order valence-electron chi connectivity index (χ3n) is 3.85. The zero-order chi connectivity index (χ0) is 17.4. The fraction of sp³-hybridized carbons (Fsp3) is 0.706. The van der Waals surface area contributed by atoms with Gasteiger partial charge in [-0.3, -0.25) is 4.79 Å². The van der Waals surface area contributed by atoms with E-state index >= 15 is 0 Å². The summed E-state index contributed by atoms with van der Waals surface area (Å²) < 4.78 is 0.832. The van der Waals surface area contributed by atoms with Gasteiger partial charge in [-0.2, -0.15) is 0 Å². The SMILES string of the molecule is CC(C)CNc1nnc(S[C@@H](C)C(=O)NCCC2=CCCCC2)s1. The molecule has 1 aliphatic rings. The van der Waals surface area contributed by atoms with E-state index in [1.807, 2.05) is 6.92 Å². The van der Waals surface area contributed by atoms with Crippen LogP contribution in [0.15, 0.2) is 16.0 Å². The highest BCUT2D eigenvalue weighted by molar-refractivity contribution is 8.02. The highest BCUT2D eigenvalue weighted by Crippen LogP contribution is 2.29. The van der Waals surface area contributed by atoms with Crippen LogP contribution in [0.1, 0.15) is 52.9 Å². The van der Waals surface area contributed by atoms with Crippen molar-refractivity contribution in [1.29, 1.82) is 0 Å². The summed E-state index contributed by atoms with van der Waals surface area (Å²) in [5, 5.41) is 15.2. The lowest BCUT2D eigenvalue weighted by Crippen LogP contribution is -2.31. The molecule has 0 fully saturated rings. The van der Waals surface area contributed by atoms with E-state index in [4.69, 9.17) is 0 Å². The van der Waals surface area contributed by atoms with Crippen LogP contribution < -0.4 is 10.6 Å². The van der Waals surface area contributed by atoms with Gasteiger partial charge >= 0.3 is 0 Å². The molecule has 1 aromatic heterocycles. The maximum Gasteiger partial charge on any atom is 0.233 e. The van der Waals surface area contributed by atoms with E-state index in [2.05, 4.69) is 40.8 Å². The van der Waals surface area contributed by atoms with Gasteiger partial charge in [0.15, 0.2) is 4.34 Å². The second kappa shape index (κ2) is 10.0. The van der Waals surface area contributed by atoms with Gasteiger partial charge in [0.1, 0.15) is 0 Å². The molecule has 1 atom stereocenters. The van der Waals surface area contributed by atoms with Gasteiger partial charge < -0.3 is 10.6 Å². The second-order valence-corrected chi connectivity index (χ2v) is 9.12. The third kappa shape index (κ3) is 6.81. The van der Waals surface area contributed by atoms with Crippen molar-refractivity contribution < 1.29 is 4.79 Å². The summed E-state index contributed by atoms with van der Waals surface area (Å²) in [6.07, 6.45) is 8.29. The summed E-state index contributed by atoms with van der Waals surface area (Å²) >= 11 is 2.98. The number of thioether (sulfide) groups is 1. The standard InChI is InChI=1S/C17H28N4OS2/c1-12(2)11-19-16-20-21-17(24-16)23-13(3)15(22)18-10-9-14-7-5-4-6-8-14/h7,12-13H,4-6,8-11H2,1-3H3,(H,18,22)(H,19,20)/t13-/m0/s1. The first kappa shape index (κ1) is 19.2. The molecule has 24 heavy (non-hydrogen) atoms. The molecule has 1 heterocycles. The van der Waals surface area contributed by atoms with Gasteiger partial charge in [-0.1, -0.05) is 48.6 Å². The minimum Gasteiger partial charge on any atom is -0.360 e. The molecule has 1 aromatic rings. The van der Waals surface area contributed by atoms with Crippen LogP contribution in [0.4, 0.5) is 5.13 Å². The minimum absolute atomic E-state index is 0.0725. The molecule has 1 aliphatic carbocycles. The second-order valence-electron chi connectivity index (χ2n) is 6.56. The van der Waals surface area contributed by atoms with Crippen molar-refractivity contribution in [2.45, 2.75) is 62.5 Å². The first-order valence-electron chi connectivity index (χ1n) is 8.74. The molecule has 0 aromatic carbocycles. The molecule has 2 N–H and O–H groups in total. The number of anilines is 1. The first-order valence-corrected chi connectivity index (χ1v) is 10.4. The maximum atomic E-state index is 12.2. The number of amides is 1. The number of hydrogen-bond donors (Lipinski definition) is 2. The quantitative estimate of drug-likeness (QED) is 0.507. The maximum absolute atomic E-state index is 12.2. The highest BCUT2D eigenvalue weighted by Gasteiger charge is 2.17. The Kier molecular flexibility index (Phi) is 8.05. The molecular weight excluding hydrogens is 340 g/mol. The summed E-state index contributed by atoms with van der Waals surface area (Å²) in [5.74, 6) is 0.636. The predicted molar refractivity (Wildman–Crippen MR) is 103 cm³/mol. The van der Waals surface area contributed by atoms with Gasteiger partial charge in [0.2, 0.25) is 11.0 Å². The Balaban J connectivity index is 1.70. The van der Waals surface area contributed by atoms with Gasteiger partial charge in [0, 0.05) is 13.1 Å². The third-order valence-corrected chi connectivity index (χ3v) is 5.91. The van der Waals surface area contributed by atoms with Crippen molar-refractivity contribution in [1.82, 2.24) is 15.5 Å². The summed E-state index contributed by atoms with van der Waals surface area (Å²) in [7, 11) is 0. The van der Waals surface area contributed by atoms with Crippen molar-refractivity contribution in [3.63, 3.8) is 0 Å². The Morgan fingerprint density at radius 3 is 2.88 bits per heavy atom. The largest absolute Gasteiger partial charge is 0.360 e. The van der Waals surface area contributed by atoms with Crippen molar-refractivity contribution in [3.05, 3.63) is 11.6 Å². The van der Waals surface area contributed by atoms with E-state index in [9.17, 15) is 4.79 Å². The normalized spacial score (nSPS) is 15.9. The monoisotopic (exact) mass is 368 g/mol. The Morgan fingerprint density at radius 1 is 1.33 bits per heavy atom. The van der Waals surface area contributed by atoms with Crippen LogP contribution in [0, 0.1) is 5.92 Å². The van der Waals surface area contributed by atoms with E-state index < -0.39 is 0 Å². The number of nitrogens with zero attached hydrogens (tertiary/aromatic N) is 2. The molecule has 0 unspecified atom stereocenters. The van der Waals surface area contributed by atoms with Crippen LogP contribution in [0.5, 0.6) is 0 Å². The van der Waals surface area contributed by atoms with Crippen LogP contribution in [-0.4, -0.2) is 34.4 Å². The van der Waals surface area contributed by atoms with Crippen LogP contribution in [0.2, 0.25) is 0 Å². The topological polar surface area (TPSA) is 66.9 Å². The lowest BCUT2D eigenvalue weighted by atomic mass is 9.97. The van der Waals surface area contributed by atoms with E-state index in [1.54, 1.807) is 0 Å². The number of carbonyl (C=O) groups excluding carboxylic acids is 1. The van der Waals surface area contributed by atoms with E-state index in [0.29, 0.717) is 5.92 Å². The average molecular weight is 369 g/mol. The summed E-state index contributed by atoms with van der Waals surface area (Å²) in [6, 6.07) is 0. The van der Waals surface area contributed by atoms with Crippen molar-refractivity contribution in [3.8, 4) is 0 Å². The number of carbonyl (C=O) groups is 1. The first-order chi connectivity index (χ1) is 11.5. The van der Waals surface area contributed by atoms with Gasteiger partial charge in [-0.25, -0.2) is 0 Å². The zero-order valence-electron chi connectivity index (χ0n) is 14.8. The summed E-state index contributed by atoms with van der Waals surface area (Å²) in [5.41, 5.74) is 1.49. The van der Waals surface area contributed by atoms with Gasteiger partial charge in [-0.05, 0) is 44.9 Å². The van der Waals surface area contributed by atoms with Crippen molar-refractivity contribution in [2.24, 2.45) is 5.92 Å². The number of aromatic nitrogens is 2. The Labute approximate surface area is 153 Å². The molecule has 134 valence electrons. The van der Waals surface area contributed by atoms with Crippen LogP contribution in [0.25, 0.3) is 0 Å². The number of nitrogens with one attached hydrogen (secondary N) is 2. The van der Waals surface area contributed by atoms with Crippen LogP contribution in [-0.2, 0) is 4.79 Å². The molecule has 7 heteroatoms. The van der Waals surface area contributed by atoms with Gasteiger partial charge in [0.05, 0.1) is 5.25 Å². The van der Waals surface area contributed by atoms with Gasteiger partial charge in [0.25, 0.3) is 0 Å². The lowest BCUT2D eigenvalue weighted by molar-refractivity contribution is -0.120. The average Bonchev–Trinajstić information content (AvgIpc) is 3.01. The van der Waals surface area contributed by atoms with E-state index in [-0.39, 0.29) is 11.2 Å². The van der Waals surface area contributed by atoms with Crippen LogP contribution in [0.3, 0.4) is 0 Å². The molecule has 0 saturated carbocycles. The highest BCUT2D eigenvalue weighted by atomic mass is 32.2. The fourth-order valence-corrected chi connectivity index (χ4v) is 4.37. The van der Waals surface area contributed by atoms with E-state index in [0.717, 1.165) is 29.0 Å². The zero-order valence-corrected chi connectivity index (χ0v) is 16.4. The number of hydrogen-bond acceptors (Lipinski definition) is 6. The fourth-order valence-electron chi connectivity index (χ4n) is 2.45. The van der Waals surface area contributed by atoms with E-state index in [1.165, 1.54) is 54.4 Å². The summed E-state index contributed by atoms with van der Waals surface area (Å²) in [4.78, 5) is 12.2. The Bertz CT molecular complexity index is 557. The number of allylic oxidation sites excluding steroid dienone is 1. The Morgan fingerprint density at radius 2 is 2.17 bits per heavy atom. The Hall–Kier alpha value is -1.08. The lowest BCUT2D eigenvalue weighted by Gasteiger charge is -2.14. The molecule has 1 amide bonds. The molecule has 0 radical (unpaired) electrons. The van der Waals surface area contributed by atoms with Crippen molar-refractivity contribution in [2.75, 3.05) is 18.4 Å². The predicted octanol–water partition coefficient (Wildman–Crippen LogP) is 4.09. The van der Waals surface area contributed by atoms with Crippen molar-refractivity contribution >= 4 is 34.1 Å². The molecule has 0 bridgehead atoms. The number of rotatable bonds is 9. The molecular formula is C17H28N4OS2. The smallest absolute Gasteiger partial charge is 0.233 e. The molecule has 5 nitrogen and oxygen atoms in total. The summed E-state index contributed by atoms with van der Waals surface area (Å²) in [6.45, 7) is 7.83. The molecule has 0 saturated heterocycles. The van der Waals surface area contributed by atoms with Crippen LogP contribution >= 0.6 is 23.1 Å².